The number of nitrogens with zero attached hydrogens (tertiary/aromatic N) is 6. The van der Waals surface area contributed by atoms with Crippen LogP contribution in [0.4, 0.5) is 16.3 Å². The van der Waals surface area contributed by atoms with Gasteiger partial charge in [-0.15, -0.1) is 11.3 Å². The van der Waals surface area contributed by atoms with Gasteiger partial charge in [0.15, 0.2) is 0 Å². The highest BCUT2D eigenvalue weighted by Gasteiger charge is 2.32. The van der Waals surface area contributed by atoms with E-state index in [-0.39, 0.29) is 6.03 Å². The Kier molecular flexibility index (Phi) is 2.96. The molecule has 0 aliphatic carbocycles. The number of aromatic nitrogens is 4. The van der Waals surface area contributed by atoms with E-state index in [2.05, 4.69) is 31.3 Å². The lowest BCUT2D eigenvalue weighted by atomic mass is 10.1. The quantitative estimate of drug-likeness (QED) is 0.781. The molecule has 2 aliphatic rings. The van der Waals surface area contributed by atoms with E-state index in [4.69, 9.17) is 0 Å². The number of hydrogen-bond donors (Lipinski definition) is 1. The van der Waals surface area contributed by atoms with E-state index in [0.717, 1.165) is 34.8 Å². The normalized spacial score (nSPS) is 18.2. The SMILES string of the molecule is O=C1NCCN1c1cnn(C2CN(c3ncnc4sccc34)C2)c1. The van der Waals surface area contributed by atoms with Crippen molar-refractivity contribution in [2.75, 3.05) is 36.0 Å². The Morgan fingerprint density at radius 2 is 2.21 bits per heavy atom. The molecule has 5 rings (SSSR count). The van der Waals surface area contributed by atoms with Gasteiger partial charge in [-0.1, -0.05) is 0 Å². The third kappa shape index (κ3) is 2.04. The number of carbonyl (C=O) groups is 1. The first-order chi connectivity index (χ1) is 11.8. The van der Waals surface area contributed by atoms with Crippen LogP contribution in [0.15, 0.2) is 30.2 Å². The third-order valence-electron chi connectivity index (χ3n) is 4.53. The summed E-state index contributed by atoms with van der Waals surface area (Å²) in [5, 5.41) is 10.4. The molecule has 2 saturated heterocycles. The second-order valence-electron chi connectivity index (χ2n) is 5.96. The van der Waals surface area contributed by atoms with Crippen LogP contribution in [0.1, 0.15) is 6.04 Å². The topological polar surface area (TPSA) is 79.2 Å². The van der Waals surface area contributed by atoms with Gasteiger partial charge in [0.1, 0.15) is 17.0 Å². The highest BCUT2D eigenvalue weighted by atomic mass is 32.1. The summed E-state index contributed by atoms with van der Waals surface area (Å²) in [6, 6.07) is 2.32. The lowest BCUT2D eigenvalue weighted by Crippen LogP contribution is -2.48. The van der Waals surface area contributed by atoms with Crippen LogP contribution in [-0.4, -0.2) is 52.0 Å². The van der Waals surface area contributed by atoms with Crippen molar-refractivity contribution in [3.63, 3.8) is 0 Å². The Morgan fingerprint density at radius 1 is 1.29 bits per heavy atom. The number of hydrogen-bond acceptors (Lipinski definition) is 6. The van der Waals surface area contributed by atoms with E-state index in [1.54, 1.807) is 28.8 Å². The lowest BCUT2D eigenvalue weighted by molar-refractivity contribution is 0.252. The molecule has 0 radical (unpaired) electrons. The van der Waals surface area contributed by atoms with Crippen molar-refractivity contribution in [3.8, 4) is 0 Å². The number of thiophene rings is 1. The van der Waals surface area contributed by atoms with E-state index in [1.807, 2.05) is 16.3 Å². The molecular formula is C15H15N7OS. The van der Waals surface area contributed by atoms with E-state index in [9.17, 15) is 4.79 Å². The molecule has 2 amide bonds. The molecule has 9 heteroatoms. The van der Waals surface area contributed by atoms with Gasteiger partial charge in [-0.2, -0.15) is 5.10 Å². The van der Waals surface area contributed by atoms with Gasteiger partial charge in [0.05, 0.1) is 23.3 Å². The Morgan fingerprint density at radius 3 is 3.04 bits per heavy atom. The number of fused-ring (bicyclic) bond motifs is 1. The van der Waals surface area contributed by atoms with Crippen LogP contribution < -0.4 is 15.1 Å². The summed E-state index contributed by atoms with van der Waals surface area (Å²) in [5.41, 5.74) is 0.853. The van der Waals surface area contributed by atoms with Gasteiger partial charge in [0, 0.05) is 32.4 Å². The molecule has 2 fully saturated rings. The fraction of sp³-hybridized carbons (Fsp3) is 0.333. The maximum Gasteiger partial charge on any atom is 0.322 e. The van der Waals surface area contributed by atoms with Gasteiger partial charge in [-0.25, -0.2) is 14.8 Å². The zero-order valence-electron chi connectivity index (χ0n) is 12.8. The number of amides is 2. The Labute approximate surface area is 141 Å². The number of carbonyl (C=O) groups excluding carboxylic acids is 1. The summed E-state index contributed by atoms with van der Waals surface area (Å²) >= 11 is 1.63. The first-order valence-corrected chi connectivity index (χ1v) is 8.70. The average molecular weight is 341 g/mol. The third-order valence-corrected chi connectivity index (χ3v) is 5.35. The van der Waals surface area contributed by atoms with Crippen LogP contribution in [-0.2, 0) is 0 Å². The molecule has 1 N–H and O–H groups in total. The van der Waals surface area contributed by atoms with Gasteiger partial charge >= 0.3 is 6.03 Å². The van der Waals surface area contributed by atoms with E-state index >= 15 is 0 Å². The predicted octanol–water partition coefficient (Wildman–Crippen LogP) is 1.48. The Bertz CT molecular complexity index is 913. The molecule has 3 aromatic rings. The molecule has 0 bridgehead atoms. The van der Waals surface area contributed by atoms with Crippen molar-refractivity contribution in [2.45, 2.75) is 6.04 Å². The fourth-order valence-electron chi connectivity index (χ4n) is 3.21. The number of urea groups is 1. The molecule has 24 heavy (non-hydrogen) atoms. The first-order valence-electron chi connectivity index (χ1n) is 7.82. The standard InChI is InChI=1S/C15H15N7OS/c23-15-16-2-3-21(15)10-5-19-22(8-10)11-6-20(7-11)13-12-1-4-24-14(12)18-9-17-13/h1,4-5,8-9,11H,2-3,6-7H2,(H,16,23). The van der Waals surface area contributed by atoms with Gasteiger partial charge in [0.25, 0.3) is 0 Å². The van der Waals surface area contributed by atoms with Crippen molar-refractivity contribution in [2.24, 2.45) is 0 Å². The van der Waals surface area contributed by atoms with Crippen molar-refractivity contribution in [3.05, 3.63) is 30.2 Å². The highest BCUT2D eigenvalue weighted by molar-refractivity contribution is 7.16. The van der Waals surface area contributed by atoms with Crippen LogP contribution in [0.5, 0.6) is 0 Å². The van der Waals surface area contributed by atoms with E-state index in [1.165, 1.54) is 0 Å². The monoisotopic (exact) mass is 341 g/mol. The van der Waals surface area contributed by atoms with Crippen LogP contribution in [0.2, 0.25) is 0 Å². The van der Waals surface area contributed by atoms with Crippen molar-refractivity contribution in [1.82, 2.24) is 25.1 Å². The fourth-order valence-corrected chi connectivity index (χ4v) is 3.94. The van der Waals surface area contributed by atoms with Crippen molar-refractivity contribution in [1.29, 1.82) is 0 Å². The number of nitrogens with one attached hydrogen (secondary N) is 1. The maximum absolute atomic E-state index is 11.7. The van der Waals surface area contributed by atoms with Crippen molar-refractivity contribution < 1.29 is 4.79 Å². The summed E-state index contributed by atoms with van der Waals surface area (Å²) in [6.07, 6.45) is 5.34. The second-order valence-corrected chi connectivity index (χ2v) is 6.85. The van der Waals surface area contributed by atoms with Gasteiger partial charge in [0.2, 0.25) is 0 Å². The predicted molar refractivity (Wildman–Crippen MR) is 91.6 cm³/mol. The molecule has 8 nitrogen and oxygen atoms in total. The first kappa shape index (κ1) is 13.7. The van der Waals surface area contributed by atoms with E-state index < -0.39 is 0 Å². The second kappa shape index (κ2) is 5.17. The van der Waals surface area contributed by atoms with Gasteiger partial charge in [-0.05, 0) is 11.4 Å². The summed E-state index contributed by atoms with van der Waals surface area (Å²) in [6.45, 7) is 3.09. The molecule has 0 saturated carbocycles. The smallest absolute Gasteiger partial charge is 0.322 e. The van der Waals surface area contributed by atoms with Crippen LogP contribution in [0.25, 0.3) is 10.2 Å². The maximum atomic E-state index is 11.7. The summed E-state index contributed by atoms with van der Waals surface area (Å²) in [4.78, 5) is 25.4. The van der Waals surface area contributed by atoms with Crippen LogP contribution in [0, 0.1) is 0 Å². The Hall–Kier alpha value is -2.68. The Balaban J connectivity index is 1.32. The zero-order valence-corrected chi connectivity index (χ0v) is 13.6. The van der Waals surface area contributed by atoms with Gasteiger partial charge < -0.3 is 10.2 Å². The zero-order chi connectivity index (χ0) is 16.1. The molecule has 0 atom stereocenters. The minimum absolute atomic E-state index is 0.0504. The number of rotatable bonds is 3. The van der Waals surface area contributed by atoms with E-state index in [0.29, 0.717) is 19.1 Å². The molecule has 2 aliphatic heterocycles. The lowest BCUT2D eigenvalue weighted by Gasteiger charge is -2.40. The summed E-state index contributed by atoms with van der Waals surface area (Å²) in [5.74, 6) is 0.990. The highest BCUT2D eigenvalue weighted by Crippen LogP contribution is 2.33. The minimum Gasteiger partial charge on any atom is -0.352 e. The largest absolute Gasteiger partial charge is 0.352 e. The van der Waals surface area contributed by atoms with Crippen LogP contribution >= 0.6 is 11.3 Å². The molecule has 0 unspecified atom stereocenters. The summed E-state index contributed by atoms with van der Waals surface area (Å²) < 4.78 is 1.95. The number of anilines is 2. The molecule has 5 heterocycles. The molecule has 3 aromatic heterocycles. The summed E-state index contributed by atoms with van der Waals surface area (Å²) in [7, 11) is 0. The molecular weight excluding hydrogens is 326 g/mol. The van der Waals surface area contributed by atoms with Crippen molar-refractivity contribution >= 4 is 39.1 Å². The molecule has 0 spiro atoms. The average Bonchev–Trinajstić information content (AvgIpc) is 3.25. The molecule has 0 aromatic carbocycles. The van der Waals surface area contributed by atoms with Crippen LogP contribution in [0.3, 0.4) is 0 Å². The molecule has 122 valence electrons. The minimum atomic E-state index is -0.0504. The van der Waals surface area contributed by atoms with Gasteiger partial charge in [-0.3, -0.25) is 9.58 Å².